The van der Waals surface area contributed by atoms with E-state index in [1.807, 2.05) is 0 Å². The van der Waals surface area contributed by atoms with Crippen molar-refractivity contribution >= 4 is 0 Å². The third-order valence-electron chi connectivity index (χ3n) is 2.58. The highest BCUT2D eigenvalue weighted by atomic mass is 16.6. The van der Waals surface area contributed by atoms with Crippen LogP contribution in [-0.2, 0) is 23.7 Å². The molecule has 0 saturated carbocycles. The summed E-state index contributed by atoms with van der Waals surface area (Å²) in [6.07, 6.45) is 2.85. The molecule has 1 atom stereocenters. The van der Waals surface area contributed by atoms with Crippen molar-refractivity contribution in [1.82, 2.24) is 0 Å². The first-order valence-corrected chi connectivity index (χ1v) is 7.51. The van der Waals surface area contributed by atoms with Gasteiger partial charge in [-0.2, -0.15) is 0 Å². The Bertz CT molecular complexity index is 212. The van der Waals surface area contributed by atoms with E-state index in [-0.39, 0.29) is 12.7 Å². The first-order chi connectivity index (χ1) is 10.3. The summed E-state index contributed by atoms with van der Waals surface area (Å²) >= 11 is 0. The van der Waals surface area contributed by atoms with Crippen molar-refractivity contribution in [3.05, 3.63) is 12.7 Å². The van der Waals surface area contributed by atoms with Crippen molar-refractivity contribution in [2.24, 2.45) is 0 Å². The number of ether oxygens (including phenoxy) is 5. The van der Waals surface area contributed by atoms with Crippen LogP contribution in [0.25, 0.3) is 0 Å². The Labute approximate surface area is 128 Å². The minimum absolute atomic E-state index is 0.0425. The minimum Gasteiger partial charge on any atom is -0.394 e. The molecule has 0 aromatic heterocycles. The van der Waals surface area contributed by atoms with Crippen LogP contribution in [0.5, 0.6) is 0 Å². The second-order valence-corrected chi connectivity index (χ2v) is 4.23. The van der Waals surface area contributed by atoms with E-state index in [9.17, 15) is 0 Å². The molecule has 0 amide bonds. The smallest absolute Gasteiger partial charge is 0.0751 e. The van der Waals surface area contributed by atoms with Gasteiger partial charge in [0, 0.05) is 0 Å². The van der Waals surface area contributed by atoms with E-state index in [1.165, 1.54) is 0 Å². The number of hydrogen-bond donors (Lipinski definition) is 1. The lowest BCUT2D eigenvalue weighted by Gasteiger charge is -2.11. The number of hydrogen-bond acceptors (Lipinski definition) is 6. The summed E-state index contributed by atoms with van der Waals surface area (Å²) in [6, 6.07) is 0. The Morgan fingerprint density at radius 2 is 1.24 bits per heavy atom. The lowest BCUT2D eigenvalue weighted by Crippen LogP contribution is -2.15. The summed E-state index contributed by atoms with van der Waals surface area (Å²) in [4.78, 5) is 0. The SMILES string of the molecule is C=CC(CC)OCCOCCOCCOCCOCCO. The fraction of sp³-hybridized carbons (Fsp3) is 0.867. The zero-order chi connectivity index (χ0) is 15.6. The van der Waals surface area contributed by atoms with Gasteiger partial charge in [0.1, 0.15) is 0 Å². The first kappa shape index (κ1) is 20.5. The molecule has 0 fully saturated rings. The monoisotopic (exact) mass is 306 g/mol. The fourth-order valence-electron chi connectivity index (χ4n) is 1.44. The van der Waals surface area contributed by atoms with Gasteiger partial charge in [-0.05, 0) is 6.42 Å². The van der Waals surface area contributed by atoms with E-state index in [0.29, 0.717) is 59.5 Å². The largest absolute Gasteiger partial charge is 0.394 e. The molecule has 0 spiro atoms. The molecule has 0 heterocycles. The van der Waals surface area contributed by atoms with Crippen LogP contribution in [0.3, 0.4) is 0 Å². The highest BCUT2D eigenvalue weighted by Gasteiger charge is 1.99. The predicted octanol–water partition coefficient (Wildman–Crippen LogP) is 1.03. The van der Waals surface area contributed by atoms with Crippen LogP contribution in [0.15, 0.2) is 12.7 Å². The third kappa shape index (κ3) is 15.7. The van der Waals surface area contributed by atoms with Crippen molar-refractivity contribution in [3.8, 4) is 0 Å². The van der Waals surface area contributed by atoms with Gasteiger partial charge in [0.2, 0.25) is 0 Å². The highest BCUT2D eigenvalue weighted by molar-refractivity contribution is 4.78. The normalized spacial score (nSPS) is 12.5. The molecule has 126 valence electrons. The Balaban J connectivity index is 3.04. The van der Waals surface area contributed by atoms with Gasteiger partial charge in [0.25, 0.3) is 0 Å². The summed E-state index contributed by atoms with van der Waals surface area (Å²) in [5.41, 5.74) is 0. The molecule has 6 heteroatoms. The van der Waals surface area contributed by atoms with E-state index in [2.05, 4.69) is 13.5 Å². The van der Waals surface area contributed by atoms with Gasteiger partial charge in [0.05, 0.1) is 72.2 Å². The van der Waals surface area contributed by atoms with Crippen LogP contribution in [0.4, 0.5) is 0 Å². The van der Waals surface area contributed by atoms with E-state index in [1.54, 1.807) is 6.08 Å². The van der Waals surface area contributed by atoms with Gasteiger partial charge in [-0.3, -0.25) is 0 Å². The van der Waals surface area contributed by atoms with Gasteiger partial charge in [-0.1, -0.05) is 13.0 Å². The van der Waals surface area contributed by atoms with E-state index >= 15 is 0 Å². The quantitative estimate of drug-likeness (QED) is 0.320. The van der Waals surface area contributed by atoms with Crippen molar-refractivity contribution in [2.75, 3.05) is 66.1 Å². The van der Waals surface area contributed by atoms with Gasteiger partial charge in [-0.25, -0.2) is 0 Å². The maximum absolute atomic E-state index is 8.49. The third-order valence-corrected chi connectivity index (χ3v) is 2.58. The summed E-state index contributed by atoms with van der Waals surface area (Å²) in [7, 11) is 0. The molecule has 6 nitrogen and oxygen atoms in total. The van der Waals surface area contributed by atoms with E-state index < -0.39 is 0 Å². The molecular weight excluding hydrogens is 276 g/mol. The summed E-state index contributed by atoms with van der Waals surface area (Å²) in [5.74, 6) is 0. The summed E-state index contributed by atoms with van der Waals surface area (Å²) in [6.45, 7) is 10.5. The van der Waals surface area contributed by atoms with Gasteiger partial charge in [0.15, 0.2) is 0 Å². The van der Waals surface area contributed by atoms with Crippen LogP contribution in [0.2, 0.25) is 0 Å². The molecule has 0 aliphatic heterocycles. The van der Waals surface area contributed by atoms with Crippen molar-refractivity contribution in [1.29, 1.82) is 0 Å². The van der Waals surface area contributed by atoms with Gasteiger partial charge in [-0.15, -0.1) is 6.58 Å². The topological polar surface area (TPSA) is 66.4 Å². The van der Waals surface area contributed by atoms with Crippen LogP contribution < -0.4 is 0 Å². The summed E-state index contributed by atoms with van der Waals surface area (Å²) < 4.78 is 26.5. The molecule has 0 saturated heterocycles. The number of rotatable bonds is 17. The Morgan fingerprint density at radius 3 is 1.62 bits per heavy atom. The lowest BCUT2D eigenvalue weighted by atomic mass is 10.3. The molecule has 0 bridgehead atoms. The van der Waals surface area contributed by atoms with Crippen LogP contribution in [-0.4, -0.2) is 77.3 Å². The zero-order valence-electron chi connectivity index (χ0n) is 13.1. The second kappa shape index (κ2) is 17.6. The average molecular weight is 306 g/mol. The van der Waals surface area contributed by atoms with Crippen LogP contribution >= 0.6 is 0 Å². The highest BCUT2D eigenvalue weighted by Crippen LogP contribution is 1.97. The zero-order valence-corrected chi connectivity index (χ0v) is 13.1. The molecule has 21 heavy (non-hydrogen) atoms. The molecule has 1 unspecified atom stereocenters. The minimum atomic E-state index is 0.0425. The number of aliphatic hydroxyl groups is 1. The van der Waals surface area contributed by atoms with E-state index in [4.69, 9.17) is 28.8 Å². The van der Waals surface area contributed by atoms with Crippen molar-refractivity contribution in [3.63, 3.8) is 0 Å². The van der Waals surface area contributed by atoms with Gasteiger partial charge < -0.3 is 28.8 Å². The Hall–Kier alpha value is -0.500. The molecule has 0 aromatic carbocycles. The molecule has 1 N–H and O–H groups in total. The summed E-state index contributed by atoms with van der Waals surface area (Å²) in [5, 5.41) is 8.49. The molecule has 0 radical (unpaired) electrons. The number of aliphatic hydroxyl groups excluding tert-OH is 1. The van der Waals surface area contributed by atoms with Crippen molar-refractivity contribution < 1.29 is 28.8 Å². The standard InChI is InChI=1S/C15H30O6/c1-3-15(4-2)21-14-13-20-12-11-19-10-9-18-8-7-17-6-5-16/h3,15-16H,1,4-14H2,2H3. The second-order valence-electron chi connectivity index (χ2n) is 4.23. The predicted molar refractivity (Wildman–Crippen MR) is 80.6 cm³/mol. The van der Waals surface area contributed by atoms with Crippen LogP contribution in [0.1, 0.15) is 13.3 Å². The Morgan fingerprint density at radius 1 is 0.810 bits per heavy atom. The molecule has 0 aromatic rings. The van der Waals surface area contributed by atoms with Crippen molar-refractivity contribution in [2.45, 2.75) is 19.4 Å². The lowest BCUT2D eigenvalue weighted by molar-refractivity contribution is -0.0182. The molecule has 0 rings (SSSR count). The maximum Gasteiger partial charge on any atom is 0.0751 e. The molecular formula is C15H30O6. The van der Waals surface area contributed by atoms with Gasteiger partial charge >= 0.3 is 0 Å². The Kier molecular flexibility index (Phi) is 17.1. The van der Waals surface area contributed by atoms with Crippen LogP contribution in [0, 0.1) is 0 Å². The first-order valence-electron chi connectivity index (χ1n) is 7.51. The average Bonchev–Trinajstić information content (AvgIpc) is 2.51. The molecule has 0 aliphatic rings. The maximum atomic E-state index is 8.49. The van der Waals surface area contributed by atoms with E-state index in [0.717, 1.165) is 6.42 Å². The fourth-order valence-corrected chi connectivity index (χ4v) is 1.44. The molecule has 0 aliphatic carbocycles.